The van der Waals surface area contributed by atoms with Crippen molar-refractivity contribution >= 4 is 11.9 Å². The van der Waals surface area contributed by atoms with Crippen LogP contribution in [0, 0.1) is 0 Å². The van der Waals surface area contributed by atoms with Crippen LogP contribution in [0.3, 0.4) is 0 Å². The molecule has 6 heteroatoms. The first-order chi connectivity index (χ1) is 8.19. The van der Waals surface area contributed by atoms with E-state index < -0.39 is 0 Å². The highest BCUT2D eigenvalue weighted by Crippen LogP contribution is 2.10. The van der Waals surface area contributed by atoms with Gasteiger partial charge in [-0.05, 0) is 13.0 Å². The Kier molecular flexibility index (Phi) is 5.93. The maximum absolute atomic E-state index is 11.5. The predicted molar refractivity (Wildman–Crippen MR) is 59.4 cm³/mol. The Hall–Kier alpha value is -1.14. The van der Waals surface area contributed by atoms with Crippen molar-refractivity contribution in [3.05, 3.63) is 0 Å². The van der Waals surface area contributed by atoms with Gasteiger partial charge >= 0.3 is 11.9 Å². The van der Waals surface area contributed by atoms with Gasteiger partial charge in [0, 0.05) is 13.0 Å². The summed E-state index contributed by atoms with van der Waals surface area (Å²) in [6.07, 6.45) is 1.03. The summed E-state index contributed by atoms with van der Waals surface area (Å²) in [6.45, 7) is 2.30. The van der Waals surface area contributed by atoms with Crippen molar-refractivity contribution in [2.75, 3.05) is 40.5 Å². The fourth-order valence-corrected chi connectivity index (χ4v) is 1.79. The minimum atomic E-state index is -0.355. The molecule has 0 aliphatic carbocycles. The molecule has 6 nitrogen and oxygen atoms in total. The Bertz CT molecular complexity index is 269. The van der Waals surface area contributed by atoms with E-state index in [9.17, 15) is 9.59 Å². The van der Waals surface area contributed by atoms with Crippen LogP contribution in [-0.2, 0) is 23.8 Å². The van der Waals surface area contributed by atoms with E-state index in [2.05, 4.69) is 4.74 Å². The smallest absolute Gasteiger partial charge is 0.325 e. The summed E-state index contributed by atoms with van der Waals surface area (Å²) < 4.78 is 14.5. The number of ether oxygens (including phenoxy) is 3. The van der Waals surface area contributed by atoms with Crippen molar-refractivity contribution in [2.45, 2.75) is 18.9 Å². The van der Waals surface area contributed by atoms with Crippen molar-refractivity contribution in [1.29, 1.82) is 0 Å². The SMILES string of the molecule is COC(=O)CCCN1CCOCC1C(=O)OC. The number of methoxy groups -OCH3 is 2. The number of nitrogens with zero attached hydrogens (tertiary/aromatic N) is 1. The summed E-state index contributed by atoms with van der Waals surface area (Å²) in [4.78, 5) is 24.4. The van der Waals surface area contributed by atoms with Crippen LogP contribution in [0.25, 0.3) is 0 Å². The van der Waals surface area contributed by atoms with Crippen LogP contribution in [0.2, 0.25) is 0 Å². The lowest BCUT2D eigenvalue weighted by Crippen LogP contribution is -2.50. The highest BCUT2D eigenvalue weighted by Gasteiger charge is 2.29. The highest BCUT2D eigenvalue weighted by molar-refractivity contribution is 5.76. The Morgan fingerprint density at radius 3 is 2.76 bits per heavy atom. The van der Waals surface area contributed by atoms with E-state index in [1.165, 1.54) is 14.2 Å². The zero-order chi connectivity index (χ0) is 12.7. The molecular weight excluding hydrogens is 226 g/mol. The largest absolute Gasteiger partial charge is 0.469 e. The highest BCUT2D eigenvalue weighted by atomic mass is 16.5. The first-order valence-corrected chi connectivity index (χ1v) is 5.65. The molecule has 98 valence electrons. The number of hydrogen-bond donors (Lipinski definition) is 0. The Labute approximate surface area is 101 Å². The summed E-state index contributed by atoms with van der Waals surface area (Å²) in [5.74, 6) is -0.518. The van der Waals surface area contributed by atoms with Gasteiger partial charge in [-0.25, -0.2) is 0 Å². The molecule has 1 fully saturated rings. The fourth-order valence-electron chi connectivity index (χ4n) is 1.79. The van der Waals surface area contributed by atoms with Crippen molar-refractivity contribution < 1.29 is 23.8 Å². The zero-order valence-corrected chi connectivity index (χ0v) is 10.3. The predicted octanol–water partition coefficient (Wildman–Crippen LogP) is -0.187. The monoisotopic (exact) mass is 245 g/mol. The molecule has 0 amide bonds. The second-order valence-corrected chi connectivity index (χ2v) is 3.83. The lowest BCUT2D eigenvalue weighted by atomic mass is 10.2. The molecule has 1 unspecified atom stereocenters. The van der Waals surface area contributed by atoms with E-state index in [1.807, 2.05) is 4.90 Å². The second kappa shape index (κ2) is 7.24. The van der Waals surface area contributed by atoms with Gasteiger partial charge in [-0.3, -0.25) is 14.5 Å². The fraction of sp³-hybridized carbons (Fsp3) is 0.818. The normalized spacial score (nSPS) is 20.9. The van der Waals surface area contributed by atoms with Crippen LogP contribution in [0.15, 0.2) is 0 Å². The van der Waals surface area contributed by atoms with E-state index in [0.717, 1.165) is 0 Å². The van der Waals surface area contributed by atoms with Crippen LogP contribution in [-0.4, -0.2) is 63.4 Å². The zero-order valence-electron chi connectivity index (χ0n) is 10.3. The number of morpholine rings is 1. The molecule has 1 rings (SSSR count). The molecular formula is C11H19NO5. The third-order valence-corrected chi connectivity index (χ3v) is 2.77. The molecule has 0 aromatic heterocycles. The van der Waals surface area contributed by atoms with Crippen LogP contribution in [0.1, 0.15) is 12.8 Å². The lowest BCUT2D eigenvalue weighted by molar-refractivity contribution is -0.153. The van der Waals surface area contributed by atoms with Crippen LogP contribution in [0.5, 0.6) is 0 Å². The first-order valence-electron chi connectivity index (χ1n) is 5.65. The van der Waals surface area contributed by atoms with E-state index in [-0.39, 0.29) is 18.0 Å². The first kappa shape index (κ1) is 13.9. The average molecular weight is 245 g/mol. The van der Waals surface area contributed by atoms with Crippen LogP contribution < -0.4 is 0 Å². The summed E-state index contributed by atoms with van der Waals surface area (Å²) in [5.41, 5.74) is 0. The van der Waals surface area contributed by atoms with Gasteiger partial charge in [0.15, 0.2) is 0 Å². The molecule has 1 atom stereocenters. The van der Waals surface area contributed by atoms with E-state index in [1.54, 1.807) is 0 Å². The third-order valence-electron chi connectivity index (χ3n) is 2.77. The molecule has 17 heavy (non-hydrogen) atoms. The summed E-state index contributed by atoms with van der Waals surface area (Å²) in [5, 5.41) is 0. The quantitative estimate of drug-likeness (QED) is 0.626. The molecule has 0 radical (unpaired) electrons. The minimum absolute atomic E-state index is 0.229. The number of carbonyl (C=O) groups is 2. The maximum atomic E-state index is 11.5. The van der Waals surface area contributed by atoms with Crippen molar-refractivity contribution in [2.24, 2.45) is 0 Å². The number of hydrogen-bond acceptors (Lipinski definition) is 6. The summed E-state index contributed by atoms with van der Waals surface area (Å²) in [6, 6.07) is -0.355. The van der Waals surface area contributed by atoms with Crippen LogP contribution >= 0.6 is 0 Å². The lowest BCUT2D eigenvalue weighted by Gasteiger charge is -2.33. The molecule has 0 N–H and O–H groups in total. The maximum Gasteiger partial charge on any atom is 0.325 e. The third kappa shape index (κ3) is 4.32. The molecule has 0 aromatic carbocycles. The molecule has 1 aliphatic heterocycles. The van der Waals surface area contributed by atoms with E-state index >= 15 is 0 Å². The molecule has 1 saturated heterocycles. The van der Waals surface area contributed by atoms with Gasteiger partial charge in [0.25, 0.3) is 0 Å². The van der Waals surface area contributed by atoms with Gasteiger partial charge < -0.3 is 14.2 Å². The number of esters is 2. The standard InChI is InChI=1S/C11H19NO5/c1-15-10(13)4-3-5-12-6-7-17-8-9(12)11(14)16-2/h9H,3-8H2,1-2H3. The van der Waals surface area contributed by atoms with E-state index in [0.29, 0.717) is 39.1 Å². The molecule has 0 spiro atoms. The summed E-state index contributed by atoms with van der Waals surface area (Å²) in [7, 11) is 2.73. The average Bonchev–Trinajstić information content (AvgIpc) is 2.38. The molecule has 1 heterocycles. The van der Waals surface area contributed by atoms with E-state index in [4.69, 9.17) is 9.47 Å². The molecule has 0 aromatic rings. The summed E-state index contributed by atoms with van der Waals surface area (Å²) >= 11 is 0. The van der Waals surface area contributed by atoms with Crippen molar-refractivity contribution in [1.82, 2.24) is 4.90 Å². The topological polar surface area (TPSA) is 65.1 Å². The molecule has 1 aliphatic rings. The Balaban J connectivity index is 2.37. The van der Waals surface area contributed by atoms with Gasteiger partial charge in [0.2, 0.25) is 0 Å². The van der Waals surface area contributed by atoms with Gasteiger partial charge in [-0.1, -0.05) is 0 Å². The van der Waals surface area contributed by atoms with Crippen molar-refractivity contribution in [3.63, 3.8) is 0 Å². The van der Waals surface area contributed by atoms with Crippen LogP contribution in [0.4, 0.5) is 0 Å². The minimum Gasteiger partial charge on any atom is -0.469 e. The number of rotatable bonds is 5. The van der Waals surface area contributed by atoms with Gasteiger partial charge in [0.1, 0.15) is 6.04 Å². The Morgan fingerprint density at radius 1 is 1.35 bits per heavy atom. The van der Waals surface area contributed by atoms with Gasteiger partial charge in [-0.15, -0.1) is 0 Å². The van der Waals surface area contributed by atoms with Gasteiger partial charge in [-0.2, -0.15) is 0 Å². The van der Waals surface area contributed by atoms with Crippen molar-refractivity contribution in [3.8, 4) is 0 Å². The second-order valence-electron chi connectivity index (χ2n) is 3.83. The van der Waals surface area contributed by atoms with Gasteiger partial charge in [0.05, 0.1) is 27.4 Å². The molecule has 0 saturated carbocycles. The Morgan fingerprint density at radius 2 is 2.12 bits per heavy atom. The molecule has 0 bridgehead atoms. The number of carbonyl (C=O) groups excluding carboxylic acids is 2.